The average molecular weight is 330 g/mol. The molecule has 0 radical (unpaired) electrons. The number of nitrogens with one attached hydrogen (secondary N) is 1. The molecule has 0 amide bonds. The Morgan fingerprint density at radius 1 is 1.53 bits per heavy atom. The molecule has 2 rings (SSSR count). The Bertz CT molecular complexity index is 427. The van der Waals surface area contributed by atoms with Crippen LogP contribution in [0.2, 0.25) is 0 Å². The molecule has 0 spiro atoms. The highest BCUT2D eigenvalue weighted by Crippen LogP contribution is 2.32. The van der Waals surface area contributed by atoms with Crippen molar-refractivity contribution in [2.45, 2.75) is 38.8 Å². The molecule has 2 nitrogen and oxygen atoms in total. The van der Waals surface area contributed by atoms with Crippen LogP contribution in [-0.2, 0) is 4.74 Å². The second-order valence-corrected chi connectivity index (χ2v) is 6.06. The molecule has 19 heavy (non-hydrogen) atoms. The molecule has 1 aromatic rings. The Balaban J connectivity index is 2.22. The van der Waals surface area contributed by atoms with Crippen molar-refractivity contribution in [2.24, 2.45) is 5.92 Å². The lowest BCUT2D eigenvalue weighted by atomic mass is 9.92. The Kier molecular flexibility index (Phi) is 5.37. The third-order valence-corrected chi connectivity index (χ3v) is 4.30. The predicted molar refractivity (Wildman–Crippen MR) is 78.7 cm³/mol. The molecule has 0 saturated carbocycles. The van der Waals surface area contributed by atoms with Crippen LogP contribution >= 0.6 is 15.9 Å². The zero-order chi connectivity index (χ0) is 13.8. The summed E-state index contributed by atoms with van der Waals surface area (Å²) in [7, 11) is 0. The van der Waals surface area contributed by atoms with Gasteiger partial charge in [-0.1, -0.05) is 19.9 Å². The molecule has 1 heterocycles. The van der Waals surface area contributed by atoms with Crippen molar-refractivity contribution in [1.82, 2.24) is 5.32 Å². The Labute approximate surface area is 122 Å². The smallest absolute Gasteiger partial charge is 0.137 e. The first-order valence-corrected chi connectivity index (χ1v) is 7.72. The highest BCUT2D eigenvalue weighted by Gasteiger charge is 2.32. The fourth-order valence-electron chi connectivity index (χ4n) is 2.57. The van der Waals surface area contributed by atoms with E-state index >= 15 is 0 Å². The second kappa shape index (κ2) is 6.82. The van der Waals surface area contributed by atoms with Crippen molar-refractivity contribution < 1.29 is 9.13 Å². The van der Waals surface area contributed by atoms with Crippen molar-refractivity contribution in [3.8, 4) is 0 Å². The van der Waals surface area contributed by atoms with Crippen LogP contribution in [0.25, 0.3) is 0 Å². The fraction of sp³-hybridized carbons (Fsp3) is 0.600. The predicted octanol–water partition coefficient (Wildman–Crippen LogP) is 4.05. The van der Waals surface area contributed by atoms with E-state index < -0.39 is 0 Å². The van der Waals surface area contributed by atoms with Gasteiger partial charge >= 0.3 is 0 Å². The SMILES string of the molecule is CCCNC(c1ccc(F)c(Br)c1)C1OCCC1C. The Hall–Kier alpha value is -0.450. The lowest BCUT2D eigenvalue weighted by Gasteiger charge is -2.28. The van der Waals surface area contributed by atoms with Gasteiger partial charge in [-0.05, 0) is 58.9 Å². The van der Waals surface area contributed by atoms with Gasteiger partial charge in [0.1, 0.15) is 5.82 Å². The highest BCUT2D eigenvalue weighted by atomic mass is 79.9. The van der Waals surface area contributed by atoms with Gasteiger partial charge in [-0.25, -0.2) is 4.39 Å². The van der Waals surface area contributed by atoms with Crippen molar-refractivity contribution in [3.05, 3.63) is 34.1 Å². The van der Waals surface area contributed by atoms with Crippen LogP contribution in [0.5, 0.6) is 0 Å². The zero-order valence-corrected chi connectivity index (χ0v) is 13.0. The van der Waals surface area contributed by atoms with E-state index in [1.165, 1.54) is 6.07 Å². The van der Waals surface area contributed by atoms with E-state index in [0.717, 1.165) is 31.6 Å². The van der Waals surface area contributed by atoms with Gasteiger partial charge in [0.2, 0.25) is 0 Å². The summed E-state index contributed by atoms with van der Waals surface area (Å²) in [6.45, 7) is 6.12. The van der Waals surface area contributed by atoms with E-state index in [1.54, 1.807) is 0 Å². The van der Waals surface area contributed by atoms with Crippen LogP contribution in [0.4, 0.5) is 4.39 Å². The molecule has 0 aromatic heterocycles. The summed E-state index contributed by atoms with van der Waals surface area (Å²) >= 11 is 3.26. The lowest BCUT2D eigenvalue weighted by molar-refractivity contribution is 0.0607. The van der Waals surface area contributed by atoms with Gasteiger partial charge in [-0.3, -0.25) is 0 Å². The first kappa shape index (κ1) is 14.9. The lowest BCUT2D eigenvalue weighted by Crippen LogP contribution is -2.35. The molecule has 1 aromatic carbocycles. The molecular formula is C15H21BrFNO. The van der Waals surface area contributed by atoms with E-state index in [1.807, 2.05) is 12.1 Å². The minimum atomic E-state index is -0.224. The van der Waals surface area contributed by atoms with Crippen molar-refractivity contribution in [2.75, 3.05) is 13.2 Å². The zero-order valence-electron chi connectivity index (χ0n) is 11.5. The summed E-state index contributed by atoms with van der Waals surface area (Å²) in [6, 6.07) is 5.35. The van der Waals surface area contributed by atoms with Gasteiger partial charge in [0.15, 0.2) is 0 Å². The summed E-state index contributed by atoms with van der Waals surface area (Å²) in [4.78, 5) is 0. The fourth-order valence-corrected chi connectivity index (χ4v) is 2.97. The third-order valence-electron chi connectivity index (χ3n) is 3.69. The maximum Gasteiger partial charge on any atom is 0.137 e. The first-order chi connectivity index (χ1) is 9.13. The average Bonchev–Trinajstić information content (AvgIpc) is 2.80. The molecule has 1 saturated heterocycles. The molecule has 0 bridgehead atoms. The standard InChI is InChI=1S/C15H21BrFNO/c1-3-7-18-14(15-10(2)6-8-19-15)11-4-5-13(17)12(16)9-11/h4-5,9-10,14-15,18H,3,6-8H2,1-2H3. The molecule has 3 atom stereocenters. The van der Waals surface area contributed by atoms with Crippen molar-refractivity contribution in [1.29, 1.82) is 0 Å². The number of ether oxygens (including phenoxy) is 1. The molecule has 3 unspecified atom stereocenters. The van der Waals surface area contributed by atoms with Crippen LogP contribution in [0.1, 0.15) is 38.3 Å². The molecule has 1 fully saturated rings. The van der Waals surface area contributed by atoms with E-state index in [0.29, 0.717) is 10.4 Å². The number of benzene rings is 1. The summed E-state index contributed by atoms with van der Waals surface area (Å²) in [5, 5.41) is 3.54. The molecule has 1 aliphatic rings. The quantitative estimate of drug-likeness (QED) is 0.879. The minimum absolute atomic E-state index is 0.134. The maximum absolute atomic E-state index is 13.4. The maximum atomic E-state index is 13.4. The number of halogens is 2. The van der Waals surface area contributed by atoms with Gasteiger partial charge in [-0.15, -0.1) is 0 Å². The van der Waals surface area contributed by atoms with Gasteiger partial charge in [0.25, 0.3) is 0 Å². The largest absolute Gasteiger partial charge is 0.376 e. The van der Waals surface area contributed by atoms with Gasteiger partial charge < -0.3 is 10.1 Å². The first-order valence-electron chi connectivity index (χ1n) is 6.93. The minimum Gasteiger partial charge on any atom is -0.376 e. The van der Waals surface area contributed by atoms with Crippen molar-refractivity contribution >= 4 is 15.9 Å². The number of hydrogen-bond donors (Lipinski definition) is 1. The second-order valence-electron chi connectivity index (χ2n) is 5.21. The summed E-state index contributed by atoms with van der Waals surface area (Å²) < 4.78 is 19.8. The Morgan fingerprint density at radius 3 is 2.89 bits per heavy atom. The van der Waals surface area contributed by atoms with Crippen molar-refractivity contribution in [3.63, 3.8) is 0 Å². The van der Waals surface area contributed by atoms with Crippen LogP contribution in [-0.4, -0.2) is 19.3 Å². The molecular weight excluding hydrogens is 309 g/mol. The Morgan fingerprint density at radius 2 is 2.32 bits per heavy atom. The van der Waals surface area contributed by atoms with Crippen LogP contribution in [0, 0.1) is 11.7 Å². The van der Waals surface area contributed by atoms with E-state index in [-0.39, 0.29) is 18.0 Å². The molecule has 106 valence electrons. The monoisotopic (exact) mass is 329 g/mol. The van der Waals surface area contributed by atoms with E-state index in [9.17, 15) is 4.39 Å². The highest BCUT2D eigenvalue weighted by molar-refractivity contribution is 9.10. The van der Waals surface area contributed by atoms with E-state index in [4.69, 9.17) is 4.74 Å². The summed E-state index contributed by atoms with van der Waals surface area (Å²) in [5.41, 5.74) is 1.08. The van der Waals surface area contributed by atoms with E-state index in [2.05, 4.69) is 35.1 Å². The number of hydrogen-bond acceptors (Lipinski definition) is 2. The third kappa shape index (κ3) is 3.56. The van der Waals surface area contributed by atoms with Gasteiger partial charge in [0.05, 0.1) is 16.6 Å². The van der Waals surface area contributed by atoms with Gasteiger partial charge in [-0.2, -0.15) is 0 Å². The van der Waals surface area contributed by atoms with Crippen LogP contribution in [0.3, 0.4) is 0 Å². The van der Waals surface area contributed by atoms with Gasteiger partial charge in [0, 0.05) is 6.61 Å². The molecule has 1 N–H and O–H groups in total. The normalized spacial score (nSPS) is 24.6. The van der Waals surface area contributed by atoms with Crippen LogP contribution in [0.15, 0.2) is 22.7 Å². The topological polar surface area (TPSA) is 21.3 Å². The molecule has 4 heteroatoms. The number of rotatable bonds is 5. The summed E-state index contributed by atoms with van der Waals surface area (Å²) in [5.74, 6) is 0.302. The molecule has 1 aliphatic heterocycles. The molecule has 0 aliphatic carbocycles. The van der Waals surface area contributed by atoms with Crippen LogP contribution < -0.4 is 5.32 Å². The summed E-state index contributed by atoms with van der Waals surface area (Å²) in [6.07, 6.45) is 2.33.